The van der Waals surface area contributed by atoms with Crippen molar-refractivity contribution in [1.29, 1.82) is 0 Å². The fourth-order valence-electron chi connectivity index (χ4n) is 2.02. The molecule has 0 spiro atoms. The van der Waals surface area contributed by atoms with Crippen LogP contribution in [0.1, 0.15) is 21.5 Å². The number of aldehydes is 1. The van der Waals surface area contributed by atoms with Crippen molar-refractivity contribution >= 4 is 29.5 Å². The number of pyridine rings is 1. The Morgan fingerprint density at radius 1 is 0.920 bits per heavy atom. The Labute approximate surface area is 145 Å². The van der Waals surface area contributed by atoms with Crippen LogP contribution in [0, 0.1) is 0 Å². The molecule has 1 heterocycles. The van der Waals surface area contributed by atoms with E-state index in [0.717, 1.165) is 0 Å². The molecule has 0 aliphatic rings. The maximum atomic E-state index is 12.8. The van der Waals surface area contributed by atoms with Crippen molar-refractivity contribution in [2.75, 3.05) is 0 Å². The second-order valence-corrected chi connectivity index (χ2v) is 5.57. The molecule has 0 aliphatic carbocycles. The predicted molar refractivity (Wildman–Crippen MR) is 77.5 cm³/mol. The van der Waals surface area contributed by atoms with E-state index in [4.69, 9.17) is 23.2 Å². The van der Waals surface area contributed by atoms with Crippen LogP contribution in [-0.2, 0) is 12.4 Å². The van der Waals surface area contributed by atoms with Gasteiger partial charge in [-0.1, -0.05) is 23.2 Å². The van der Waals surface area contributed by atoms with Crippen LogP contribution in [0.15, 0.2) is 29.2 Å². The molecule has 134 valence electrons. The molecule has 11 heteroatoms. The van der Waals surface area contributed by atoms with Gasteiger partial charge in [0.05, 0.1) is 26.9 Å². The molecule has 0 saturated carbocycles. The molecular weight excluding hydrogens is 399 g/mol. The smallest absolute Gasteiger partial charge is 0.298 e. The molecule has 0 atom stereocenters. The number of carbonyl (C=O) groups is 1. The van der Waals surface area contributed by atoms with Crippen molar-refractivity contribution in [2.24, 2.45) is 0 Å². The molecule has 2 aromatic rings. The first-order valence-electron chi connectivity index (χ1n) is 6.22. The Balaban J connectivity index is 2.76. The molecule has 0 unspecified atom stereocenters. The zero-order valence-electron chi connectivity index (χ0n) is 11.7. The number of hydrogen-bond acceptors (Lipinski definition) is 2. The van der Waals surface area contributed by atoms with Gasteiger partial charge in [-0.2, -0.15) is 26.3 Å². The molecule has 25 heavy (non-hydrogen) atoms. The molecule has 0 aliphatic heterocycles. The Bertz CT molecular complexity index is 879. The average Bonchev–Trinajstić information content (AvgIpc) is 2.45. The number of alkyl halides is 6. The topological polar surface area (TPSA) is 39.1 Å². The highest BCUT2D eigenvalue weighted by molar-refractivity contribution is 6.37. The second kappa shape index (κ2) is 6.38. The normalized spacial score (nSPS) is 12.3. The van der Waals surface area contributed by atoms with E-state index < -0.39 is 50.3 Å². The standard InChI is InChI=1S/C14H5Cl2F6NO2/c15-9-1-7(13(17,18)19)2-10(16)12(9)23-4-6(5-24)8(3-11(23)25)14(20,21)22/h1-5H. The summed E-state index contributed by atoms with van der Waals surface area (Å²) in [5.74, 6) is 0. The van der Waals surface area contributed by atoms with Crippen molar-refractivity contribution in [3.8, 4) is 5.69 Å². The third kappa shape index (κ3) is 3.82. The summed E-state index contributed by atoms with van der Waals surface area (Å²) >= 11 is 11.4. The van der Waals surface area contributed by atoms with E-state index in [1.807, 2.05) is 0 Å². The molecule has 2 rings (SSSR count). The van der Waals surface area contributed by atoms with Crippen molar-refractivity contribution in [2.45, 2.75) is 12.4 Å². The Morgan fingerprint density at radius 2 is 1.44 bits per heavy atom. The first-order valence-corrected chi connectivity index (χ1v) is 6.97. The summed E-state index contributed by atoms with van der Waals surface area (Å²) in [5.41, 5.74) is -5.34. The van der Waals surface area contributed by atoms with Crippen molar-refractivity contribution in [3.63, 3.8) is 0 Å². The van der Waals surface area contributed by atoms with Crippen LogP contribution < -0.4 is 5.56 Å². The SMILES string of the molecule is O=Cc1cn(-c2c(Cl)cc(C(F)(F)F)cc2Cl)c(=O)cc1C(F)(F)F. The van der Waals surface area contributed by atoms with Gasteiger partial charge in [0.2, 0.25) is 0 Å². The quantitative estimate of drug-likeness (QED) is 0.523. The molecule has 0 fully saturated rings. The first kappa shape index (κ1) is 19.3. The summed E-state index contributed by atoms with van der Waals surface area (Å²) in [5, 5.41) is -1.25. The molecule has 0 N–H and O–H groups in total. The fraction of sp³-hybridized carbons (Fsp3) is 0.143. The molecule has 1 aromatic heterocycles. The van der Waals surface area contributed by atoms with Gasteiger partial charge in [-0.25, -0.2) is 0 Å². The minimum Gasteiger partial charge on any atom is -0.298 e. The summed E-state index contributed by atoms with van der Waals surface area (Å²) in [7, 11) is 0. The van der Waals surface area contributed by atoms with Crippen LogP contribution in [0.4, 0.5) is 26.3 Å². The van der Waals surface area contributed by atoms with Crippen molar-refractivity contribution < 1.29 is 31.1 Å². The van der Waals surface area contributed by atoms with Gasteiger partial charge in [-0.05, 0) is 12.1 Å². The molecule has 0 bridgehead atoms. The van der Waals surface area contributed by atoms with Gasteiger partial charge >= 0.3 is 12.4 Å². The number of halogens is 8. The average molecular weight is 404 g/mol. The van der Waals surface area contributed by atoms with Gasteiger partial charge in [-0.15, -0.1) is 0 Å². The van der Waals surface area contributed by atoms with Crippen molar-refractivity contribution in [3.05, 3.63) is 61.5 Å². The van der Waals surface area contributed by atoms with E-state index in [2.05, 4.69) is 0 Å². The van der Waals surface area contributed by atoms with E-state index in [9.17, 15) is 35.9 Å². The molecule has 1 aromatic carbocycles. The largest absolute Gasteiger partial charge is 0.417 e. The maximum Gasteiger partial charge on any atom is 0.417 e. The highest BCUT2D eigenvalue weighted by atomic mass is 35.5. The fourth-order valence-corrected chi connectivity index (χ4v) is 2.69. The summed E-state index contributed by atoms with van der Waals surface area (Å²) < 4.78 is 77.0. The van der Waals surface area contributed by atoms with Crippen molar-refractivity contribution in [1.82, 2.24) is 4.57 Å². The van der Waals surface area contributed by atoms with Gasteiger partial charge in [0, 0.05) is 17.8 Å². The zero-order chi connectivity index (χ0) is 19.2. The minimum absolute atomic E-state index is 0.133. The van der Waals surface area contributed by atoms with E-state index in [1.165, 1.54) is 0 Å². The zero-order valence-corrected chi connectivity index (χ0v) is 13.2. The van der Waals surface area contributed by atoms with Crippen LogP contribution in [0.2, 0.25) is 10.0 Å². The lowest BCUT2D eigenvalue weighted by Gasteiger charge is -2.16. The number of carbonyl (C=O) groups excluding carboxylic acids is 1. The Kier molecular flexibility index (Phi) is 4.93. The monoisotopic (exact) mass is 403 g/mol. The van der Waals surface area contributed by atoms with E-state index in [0.29, 0.717) is 22.9 Å². The van der Waals surface area contributed by atoms with E-state index >= 15 is 0 Å². The van der Waals surface area contributed by atoms with Gasteiger partial charge in [0.1, 0.15) is 0 Å². The van der Waals surface area contributed by atoms with E-state index in [-0.39, 0.29) is 12.4 Å². The third-order valence-corrected chi connectivity index (χ3v) is 3.68. The number of benzene rings is 1. The predicted octanol–water partition coefficient (Wildman–Crippen LogP) is 4.99. The minimum atomic E-state index is -4.97. The number of nitrogens with zero attached hydrogens (tertiary/aromatic N) is 1. The lowest BCUT2D eigenvalue weighted by atomic mass is 10.1. The molecule has 3 nitrogen and oxygen atoms in total. The highest BCUT2D eigenvalue weighted by Crippen LogP contribution is 2.37. The van der Waals surface area contributed by atoms with Crippen LogP contribution in [0.3, 0.4) is 0 Å². The Morgan fingerprint density at radius 3 is 1.84 bits per heavy atom. The second-order valence-electron chi connectivity index (χ2n) is 4.75. The third-order valence-electron chi connectivity index (χ3n) is 3.10. The van der Waals surface area contributed by atoms with Gasteiger partial charge in [-0.3, -0.25) is 14.2 Å². The number of aromatic nitrogens is 1. The molecule has 0 amide bonds. The van der Waals surface area contributed by atoms with Crippen LogP contribution in [0.25, 0.3) is 5.69 Å². The van der Waals surface area contributed by atoms with E-state index in [1.54, 1.807) is 0 Å². The lowest BCUT2D eigenvalue weighted by Crippen LogP contribution is -2.23. The van der Waals surface area contributed by atoms with Crippen LogP contribution in [0.5, 0.6) is 0 Å². The molecule has 0 radical (unpaired) electrons. The maximum absolute atomic E-state index is 12.8. The molecular formula is C14H5Cl2F6NO2. The lowest BCUT2D eigenvalue weighted by molar-refractivity contribution is -0.138. The highest BCUT2D eigenvalue weighted by Gasteiger charge is 2.35. The number of rotatable bonds is 2. The van der Waals surface area contributed by atoms with Crippen LogP contribution >= 0.6 is 23.2 Å². The van der Waals surface area contributed by atoms with Gasteiger partial charge in [0.15, 0.2) is 6.29 Å². The van der Waals surface area contributed by atoms with Crippen LogP contribution in [-0.4, -0.2) is 10.9 Å². The van der Waals surface area contributed by atoms with Gasteiger partial charge < -0.3 is 0 Å². The summed E-state index contributed by atoms with van der Waals surface area (Å²) in [6.07, 6.45) is -9.38. The number of hydrogen-bond donors (Lipinski definition) is 0. The Hall–Kier alpha value is -2.00. The molecule has 0 saturated heterocycles. The summed E-state index contributed by atoms with van der Waals surface area (Å²) in [6, 6.07) is 1.06. The van der Waals surface area contributed by atoms with Gasteiger partial charge in [0.25, 0.3) is 5.56 Å². The summed E-state index contributed by atoms with van der Waals surface area (Å²) in [4.78, 5) is 22.8. The first-order chi connectivity index (χ1) is 11.4. The summed E-state index contributed by atoms with van der Waals surface area (Å²) in [6.45, 7) is 0.